The summed E-state index contributed by atoms with van der Waals surface area (Å²) >= 11 is 0. The molecule has 18 heavy (non-hydrogen) atoms. The summed E-state index contributed by atoms with van der Waals surface area (Å²) < 4.78 is 0. The minimum Gasteiger partial charge on any atom is -0.341 e. The molecule has 1 saturated heterocycles. The van der Waals surface area contributed by atoms with E-state index in [1.165, 1.54) is 12.0 Å². The van der Waals surface area contributed by atoms with Gasteiger partial charge in [-0.3, -0.25) is 4.79 Å². The van der Waals surface area contributed by atoms with Gasteiger partial charge in [0, 0.05) is 20.0 Å². The maximum atomic E-state index is 12.0. The van der Waals surface area contributed by atoms with Crippen LogP contribution in [0.4, 0.5) is 0 Å². The summed E-state index contributed by atoms with van der Waals surface area (Å²) in [6.45, 7) is 2.90. The minimum atomic E-state index is 0.255. The third-order valence-electron chi connectivity index (χ3n) is 3.62. The van der Waals surface area contributed by atoms with Crippen molar-refractivity contribution < 1.29 is 4.79 Å². The van der Waals surface area contributed by atoms with Crippen LogP contribution in [-0.4, -0.2) is 30.9 Å². The number of carbonyl (C=O) groups excluding carboxylic acids is 1. The first-order valence-corrected chi connectivity index (χ1v) is 6.74. The van der Waals surface area contributed by atoms with E-state index in [9.17, 15) is 4.79 Å². The van der Waals surface area contributed by atoms with Gasteiger partial charge in [0.2, 0.25) is 5.91 Å². The van der Waals surface area contributed by atoms with Gasteiger partial charge >= 0.3 is 0 Å². The van der Waals surface area contributed by atoms with Crippen LogP contribution in [0.1, 0.15) is 24.8 Å². The van der Waals surface area contributed by atoms with Gasteiger partial charge < -0.3 is 10.2 Å². The lowest BCUT2D eigenvalue weighted by Crippen LogP contribution is -2.26. The Morgan fingerprint density at radius 3 is 2.83 bits per heavy atom. The molecule has 1 heterocycles. The Bertz CT molecular complexity index is 371. The number of hydrogen-bond donors (Lipinski definition) is 1. The van der Waals surface area contributed by atoms with Gasteiger partial charge in [0.15, 0.2) is 0 Å². The number of amides is 1. The van der Waals surface area contributed by atoms with Crippen molar-refractivity contribution in [1.29, 1.82) is 0 Å². The summed E-state index contributed by atoms with van der Waals surface area (Å²) in [5, 5.41) is 3.34. The molecule has 0 bridgehead atoms. The number of carbonyl (C=O) groups is 1. The molecule has 1 fully saturated rings. The van der Waals surface area contributed by atoms with Crippen molar-refractivity contribution in [2.24, 2.45) is 5.92 Å². The predicted molar refractivity (Wildman–Crippen MR) is 73.1 cm³/mol. The van der Waals surface area contributed by atoms with Crippen molar-refractivity contribution in [3.8, 4) is 0 Å². The van der Waals surface area contributed by atoms with Crippen LogP contribution in [0.15, 0.2) is 30.3 Å². The van der Waals surface area contributed by atoms with Gasteiger partial charge in [0.25, 0.3) is 0 Å². The topological polar surface area (TPSA) is 32.3 Å². The summed E-state index contributed by atoms with van der Waals surface area (Å²) in [6.07, 6.45) is 2.91. The van der Waals surface area contributed by atoms with Crippen molar-refractivity contribution in [1.82, 2.24) is 10.2 Å². The molecule has 98 valence electrons. The molecular formula is C15H22N2O. The Hall–Kier alpha value is -1.35. The average Bonchev–Trinajstić information content (AvgIpc) is 2.90. The number of nitrogens with one attached hydrogen (secondary N) is 1. The van der Waals surface area contributed by atoms with Gasteiger partial charge in [-0.25, -0.2) is 0 Å². The van der Waals surface area contributed by atoms with Crippen molar-refractivity contribution >= 4 is 5.91 Å². The zero-order valence-electron chi connectivity index (χ0n) is 11.1. The Kier molecular flexibility index (Phi) is 4.76. The molecule has 1 N–H and O–H groups in total. The SMILES string of the molecule is CN(Cc1ccccc1)C(=O)CCC1CCNC1. The molecule has 2 rings (SSSR count). The highest BCUT2D eigenvalue weighted by molar-refractivity contribution is 5.75. The Morgan fingerprint density at radius 2 is 2.17 bits per heavy atom. The fourth-order valence-electron chi connectivity index (χ4n) is 2.42. The van der Waals surface area contributed by atoms with Crippen LogP contribution in [0, 0.1) is 5.92 Å². The molecule has 0 aromatic heterocycles. The Morgan fingerprint density at radius 1 is 1.39 bits per heavy atom. The summed E-state index contributed by atoms with van der Waals surface area (Å²) in [7, 11) is 1.89. The minimum absolute atomic E-state index is 0.255. The fourth-order valence-corrected chi connectivity index (χ4v) is 2.42. The quantitative estimate of drug-likeness (QED) is 0.862. The lowest BCUT2D eigenvalue weighted by molar-refractivity contribution is -0.130. The molecule has 1 unspecified atom stereocenters. The van der Waals surface area contributed by atoms with E-state index in [1.807, 2.05) is 30.1 Å². The molecule has 1 aromatic rings. The highest BCUT2D eigenvalue weighted by Crippen LogP contribution is 2.15. The van der Waals surface area contributed by atoms with Crippen molar-refractivity contribution in [2.75, 3.05) is 20.1 Å². The van der Waals surface area contributed by atoms with E-state index in [0.717, 1.165) is 19.5 Å². The third-order valence-corrected chi connectivity index (χ3v) is 3.62. The number of rotatable bonds is 5. The second-order valence-corrected chi connectivity index (χ2v) is 5.13. The van der Waals surface area contributed by atoms with Crippen LogP contribution in [0.2, 0.25) is 0 Å². The molecule has 1 aromatic carbocycles. The molecule has 1 aliphatic rings. The van der Waals surface area contributed by atoms with E-state index >= 15 is 0 Å². The summed E-state index contributed by atoms with van der Waals surface area (Å²) in [5.41, 5.74) is 1.19. The van der Waals surface area contributed by atoms with Crippen LogP contribution in [0.25, 0.3) is 0 Å². The van der Waals surface area contributed by atoms with Gasteiger partial charge in [-0.1, -0.05) is 30.3 Å². The van der Waals surface area contributed by atoms with Gasteiger partial charge in [-0.05, 0) is 37.4 Å². The highest BCUT2D eigenvalue weighted by atomic mass is 16.2. The molecule has 0 spiro atoms. The van der Waals surface area contributed by atoms with Crippen molar-refractivity contribution in [2.45, 2.75) is 25.8 Å². The predicted octanol–water partition coefficient (Wildman–Crippen LogP) is 2.03. The van der Waals surface area contributed by atoms with E-state index in [-0.39, 0.29) is 5.91 Å². The highest BCUT2D eigenvalue weighted by Gasteiger charge is 2.17. The lowest BCUT2D eigenvalue weighted by Gasteiger charge is -2.18. The van der Waals surface area contributed by atoms with E-state index in [4.69, 9.17) is 0 Å². The normalized spacial score (nSPS) is 18.8. The van der Waals surface area contributed by atoms with Crippen LogP contribution >= 0.6 is 0 Å². The monoisotopic (exact) mass is 246 g/mol. The van der Waals surface area contributed by atoms with E-state index < -0.39 is 0 Å². The third kappa shape index (κ3) is 3.84. The van der Waals surface area contributed by atoms with Crippen molar-refractivity contribution in [3.63, 3.8) is 0 Å². The Labute approximate surface area is 109 Å². The maximum Gasteiger partial charge on any atom is 0.222 e. The molecule has 1 amide bonds. The smallest absolute Gasteiger partial charge is 0.222 e. The maximum absolute atomic E-state index is 12.0. The van der Waals surface area contributed by atoms with E-state index in [2.05, 4.69) is 17.4 Å². The zero-order valence-corrected chi connectivity index (χ0v) is 11.1. The van der Waals surface area contributed by atoms with E-state index in [1.54, 1.807) is 0 Å². The summed E-state index contributed by atoms with van der Waals surface area (Å²) in [6, 6.07) is 10.1. The standard InChI is InChI=1S/C15H22N2O/c1-17(12-14-5-3-2-4-6-14)15(18)8-7-13-9-10-16-11-13/h2-6,13,16H,7-12H2,1H3. The summed E-state index contributed by atoms with van der Waals surface area (Å²) in [4.78, 5) is 13.8. The molecule has 0 radical (unpaired) electrons. The largest absolute Gasteiger partial charge is 0.341 e. The van der Waals surface area contributed by atoms with Crippen LogP contribution < -0.4 is 5.32 Å². The molecule has 3 nitrogen and oxygen atoms in total. The second kappa shape index (κ2) is 6.55. The first-order chi connectivity index (χ1) is 8.75. The van der Waals surface area contributed by atoms with Gasteiger partial charge in [0.1, 0.15) is 0 Å². The van der Waals surface area contributed by atoms with Crippen LogP contribution in [-0.2, 0) is 11.3 Å². The average molecular weight is 246 g/mol. The van der Waals surface area contributed by atoms with Gasteiger partial charge in [-0.15, -0.1) is 0 Å². The molecule has 0 aliphatic carbocycles. The fraction of sp³-hybridized carbons (Fsp3) is 0.533. The zero-order chi connectivity index (χ0) is 12.8. The molecular weight excluding hydrogens is 224 g/mol. The molecule has 1 atom stereocenters. The van der Waals surface area contributed by atoms with Crippen LogP contribution in [0.5, 0.6) is 0 Å². The van der Waals surface area contributed by atoms with E-state index in [0.29, 0.717) is 18.9 Å². The molecule has 0 saturated carbocycles. The first-order valence-electron chi connectivity index (χ1n) is 6.74. The number of nitrogens with zero attached hydrogens (tertiary/aromatic N) is 1. The lowest BCUT2D eigenvalue weighted by atomic mass is 10.0. The van der Waals surface area contributed by atoms with Crippen molar-refractivity contribution in [3.05, 3.63) is 35.9 Å². The first kappa shape index (κ1) is 13.1. The second-order valence-electron chi connectivity index (χ2n) is 5.13. The van der Waals surface area contributed by atoms with Gasteiger partial charge in [0.05, 0.1) is 0 Å². The number of hydrogen-bond acceptors (Lipinski definition) is 2. The number of benzene rings is 1. The molecule has 1 aliphatic heterocycles. The van der Waals surface area contributed by atoms with Crippen LogP contribution in [0.3, 0.4) is 0 Å². The Balaban J connectivity index is 1.74. The van der Waals surface area contributed by atoms with Gasteiger partial charge in [-0.2, -0.15) is 0 Å². The summed E-state index contributed by atoms with van der Waals surface area (Å²) in [5.74, 6) is 0.949. The molecule has 3 heteroatoms.